The third kappa shape index (κ3) is 6.35. The van der Waals surface area contributed by atoms with E-state index in [1.807, 2.05) is 31.2 Å². The summed E-state index contributed by atoms with van der Waals surface area (Å²) in [6.45, 7) is 1.57. The molecule has 2 aromatic rings. The second-order valence-corrected chi connectivity index (χ2v) is 6.46. The Bertz CT molecular complexity index is 812. The topological polar surface area (TPSA) is 66.0 Å². The van der Waals surface area contributed by atoms with Crippen LogP contribution >= 0.6 is 0 Å². The van der Waals surface area contributed by atoms with Crippen molar-refractivity contribution >= 4 is 5.91 Å². The number of benzene rings is 2. The molecule has 6 nitrogen and oxygen atoms in total. The number of rotatable bonds is 11. The van der Waals surface area contributed by atoms with E-state index in [-0.39, 0.29) is 25.0 Å². The molecule has 2 rings (SSSR count). The fourth-order valence-electron chi connectivity index (χ4n) is 3.00. The lowest BCUT2D eigenvalue weighted by Gasteiger charge is -2.19. The van der Waals surface area contributed by atoms with Crippen LogP contribution in [-0.4, -0.2) is 47.1 Å². The Balaban J connectivity index is 2.00. The zero-order valence-corrected chi connectivity index (χ0v) is 17.3. The van der Waals surface area contributed by atoms with Gasteiger partial charge in [0.2, 0.25) is 5.91 Å². The van der Waals surface area contributed by atoms with Gasteiger partial charge in [-0.15, -0.1) is 0 Å². The average molecular weight is 405 g/mol. The molecule has 0 aliphatic rings. The average Bonchev–Trinajstić information content (AvgIpc) is 2.73. The Hall–Kier alpha value is -2.80. The van der Waals surface area contributed by atoms with Gasteiger partial charge in [-0.2, -0.15) is 0 Å². The Labute approximate surface area is 170 Å². The molecule has 0 heterocycles. The molecule has 0 radical (unpaired) electrons. The Kier molecular flexibility index (Phi) is 8.73. The highest BCUT2D eigenvalue weighted by Gasteiger charge is 2.16. The molecular weight excluding hydrogens is 377 g/mol. The maximum Gasteiger partial charge on any atom is 0.224 e. The van der Waals surface area contributed by atoms with Gasteiger partial charge in [0.15, 0.2) is 11.5 Å². The number of nitrogens with one attached hydrogen (secondary N) is 1. The predicted molar refractivity (Wildman–Crippen MR) is 109 cm³/mol. The van der Waals surface area contributed by atoms with Crippen LogP contribution < -0.4 is 19.5 Å². The first-order valence-corrected chi connectivity index (χ1v) is 9.32. The monoisotopic (exact) mass is 405 g/mol. The summed E-state index contributed by atoms with van der Waals surface area (Å²) in [5.41, 5.74) is 2.68. The van der Waals surface area contributed by atoms with Crippen LogP contribution in [0.1, 0.15) is 22.8 Å². The van der Waals surface area contributed by atoms with Gasteiger partial charge in [0.1, 0.15) is 19.0 Å². The number of carbonyl (C=O) groups is 1. The van der Waals surface area contributed by atoms with Gasteiger partial charge >= 0.3 is 0 Å². The molecule has 0 aliphatic heterocycles. The van der Waals surface area contributed by atoms with Gasteiger partial charge in [0.25, 0.3) is 0 Å². The molecule has 0 saturated carbocycles. The fraction of sp³-hybridized carbons (Fsp3) is 0.409. The van der Waals surface area contributed by atoms with Crippen molar-refractivity contribution in [2.75, 3.05) is 41.2 Å². The maximum atomic E-state index is 12.5. The molecule has 7 heteroatoms. The van der Waals surface area contributed by atoms with Crippen LogP contribution in [0.25, 0.3) is 0 Å². The Morgan fingerprint density at radius 3 is 2.38 bits per heavy atom. The molecule has 1 atom stereocenters. The summed E-state index contributed by atoms with van der Waals surface area (Å²) in [6, 6.07) is 11.0. The van der Waals surface area contributed by atoms with Gasteiger partial charge < -0.3 is 24.3 Å². The summed E-state index contributed by atoms with van der Waals surface area (Å²) in [4.78, 5) is 12.4. The third-order valence-corrected chi connectivity index (χ3v) is 4.49. The molecule has 29 heavy (non-hydrogen) atoms. The van der Waals surface area contributed by atoms with E-state index in [2.05, 4.69) is 5.32 Å². The molecule has 1 unspecified atom stereocenters. The van der Waals surface area contributed by atoms with E-state index in [0.717, 1.165) is 22.4 Å². The molecule has 0 bridgehead atoms. The van der Waals surface area contributed by atoms with Crippen LogP contribution in [0.15, 0.2) is 36.4 Å². The van der Waals surface area contributed by atoms with Gasteiger partial charge in [0.05, 0.1) is 26.7 Å². The molecule has 2 aromatic carbocycles. The number of aryl methyl sites for hydroxylation is 1. The van der Waals surface area contributed by atoms with Gasteiger partial charge in [-0.05, 0) is 41.8 Å². The lowest BCUT2D eigenvalue weighted by molar-refractivity contribution is -0.121. The zero-order valence-electron chi connectivity index (χ0n) is 17.3. The summed E-state index contributed by atoms with van der Waals surface area (Å²) < 4.78 is 33.8. The van der Waals surface area contributed by atoms with E-state index in [4.69, 9.17) is 18.9 Å². The van der Waals surface area contributed by atoms with E-state index in [1.165, 1.54) is 7.11 Å². The number of amides is 1. The number of hydrogen-bond acceptors (Lipinski definition) is 5. The fourth-order valence-corrected chi connectivity index (χ4v) is 3.00. The van der Waals surface area contributed by atoms with Gasteiger partial charge in [-0.3, -0.25) is 4.79 Å². The van der Waals surface area contributed by atoms with E-state index in [9.17, 15) is 9.18 Å². The number of halogens is 1. The first-order valence-electron chi connectivity index (χ1n) is 9.32. The van der Waals surface area contributed by atoms with Crippen molar-refractivity contribution in [3.63, 3.8) is 0 Å². The standard InChI is InChI=1S/C22H28FNO5/c1-15-11-16(5-7-18(15)26-2)12-22(25)24-14-21(28-4)17-6-8-19(27-3)20(13-17)29-10-9-23/h5-8,11,13,21H,9-10,12,14H2,1-4H3,(H,24,25). The largest absolute Gasteiger partial charge is 0.496 e. The lowest BCUT2D eigenvalue weighted by Crippen LogP contribution is -2.30. The molecule has 0 fully saturated rings. The van der Waals surface area contributed by atoms with Crippen LogP contribution in [-0.2, 0) is 16.0 Å². The second kappa shape index (κ2) is 11.3. The number of carbonyl (C=O) groups excluding carboxylic acids is 1. The molecule has 0 aromatic heterocycles. The van der Waals surface area contributed by atoms with Gasteiger partial charge in [-0.25, -0.2) is 4.39 Å². The Morgan fingerprint density at radius 1 is 1.03 bits per heavy atom. The molecule has 158 valence electrons. The van der Waals surface area contributed by atoms with Crippen molar-refractivity contribution < 1.29 is 28.1 Å². The highest BCUT2D eigenvalue weighted by molar-refractivity contribution is 5.78. The normalized spacial score (nSPS) is 11.6. The summed E-state index contributed by atoms with van der Waals surface area (Å²) in [6.07, 6.45) is -0.121. The van der Waals surface area contributed by atoms with Gasteiger partial charge in [-0.1, -0.05) is 18.2 Å². The molecule has 1 amide bonds. The van der Waals surface area contributed by atoms with Crippen LogP contribution in [0.4, 0.5) is 4.39 Å². The number of hydrogen-bond donors (Lipinski definition) is 1. The molecule has 0 aliphatic carbocycles. The molecule has 0 saturated heterocycles. The van der Waals surface area contributed by atoms with Crippen LogP contribution in [0.3, 0.4) is 0 Å². The zero-order chi connectivity index (χ0) is 21.2. The highest BCUT2D eigenvalue weighted by atomic mass is 19.1. The summed E-state index contributed by atoms with van der Waals surface area (Å²) in [5.74, 6) is 1.62. The minimum atomic E-state index is -0.595. The molecule has 0 spiro atoms. The first kappa shape index (κ1) is 22.5. The smallest absolute Gasteiger partial charge is 0.224 e. The molecule has 1 N–H and O–H groups in total. The predicted octanol–water partition coefficient (Wildman–Crippen LogP) is 3.41. The van der Waals surface area contributed by atoms with E-state index in [0.29, 0.717) is 18.0 Å². The summed E-state index contributed by atoms with van der Waals surface area (Å²) >= 11 is 0. The Morgan fingerprint density at radius 2 is 1.76 bits per heavy atom. The maximum absolute atomic E-state index is 12.5. The van der Waals surface area contributed by atoms with Crippen molar-refractivity contribution in [1.82, 2.24) is 5.32 Å². The second-order valence-electron chi connectivity index (χ2n) is 6.46. The number of alkyl halides is 1. The summed E-state index contributed by atoms with van der Waals surface area (Å²) in [7, 11) is 4.70. The van der Waals surface area contributed by atoms with E-state index in [1.54, 1.807) is 26.4 Å². The number of methoxy groups -OCH3 is 3. The van der Waals surface area contributed by atoms with Crippen LogP contribution in [0.2, 0.25) is 0 Å². The van der Waals surface area contributed by atoms with Crippen molar-refractivity contribution in [3.05, 3.63) is 53.1 Å². The third-order valence-electron chi connectivity index (χ3n) is 4.49. The van der Waals surface area contributed by atoms with Crippen LogP contribution in [0.5, 0.6) is 17.2 Å². The highest BCUT2D eigenvalue weighted by Crippen LogP contribution is 2.31. The summed E-state index contributed by atoms with van der Waals surface area (Å²) in [5, 5.41) is 2.89. The SMILES string of the molecule is COc1ccc(CC(=O)NCC(OC)c2ccc(OC)c(OCCF)c2)cc1C. The van der Waals surface area contributed by atoms with Crippen LogP contribution in [0, 0.1) is 6.92 Å². The number of ether oxygens (including phenoxy) is 4. The minimum absolute atomic E-state index is 0.0600. The van der Waals surface area contributed by atoms with Crippen molar-refractivity contribution in [3.8, 4) is 17.2 Å². The van der Waals surface area contributed by atoms with E-state index < -0.39 is 6.67 Å². The lowest BCUT2D eigenvalue weighted by atomic mass is 10.1. The van der Waals surface area contributed by atoms with Crippen molar-refractivity contribution in [2.24, 2.45) is 0 Å². The van der Waals surface area contributed by atoms with E-state index >= 15 is 0 Å². The molecular formula is C22H28FNO5. The quantitative estimate of drug-likeness (QED) is 0.621. The van der Waals surface area contributed by atoms with Crippen molar-refractivity contribution in [2.45, 2.75) is 19.4 Å². The van der Waals surface area contributed by atoms with Crippen molar-refractivity contribution in [1.29, 1.82) is 0 Å². The minimum Gasteiger partial charge on any atom is -0.496 e. The first-order chi connectivity index (χ1) is 14.0. The van der Waals surface area contributed by atoms with Gasteiger partial charge in [0, 0.05) is 13.7 Å².